The van der Waals surface area contributed by atoms with Crippen LogP contribution in [0.5, 0.6) is 0 Å². The van der Waals surface area contributed by atoms with Crippen LogP contribution < -0.4 is 5.32 Å². The van der Waals surface area contributed by atoms with E-state index in [4.69, 9.17) is 0 Å². The highest BCUT2D eigenvalue weighted by molar-refractivity contribution is 5.95. The van der Waals surface area contributed by atoms with Gasteiger partial charge in [-0.15, -0.1) is 12.4 Å². The molecule has 1 aliphatic heterocycles. The molecule has 3 aromatic rings. The van der Waals surface area contributed by atoms with Crippen molar-refractivity contribution >= 4 is 23.9 Å². The predicted octanol–water partition coefficient (Wildman–Crippen LogP) is 5.98. The number of amides is 1. The van der Waals surface area contributed by atoms with Crippen LogP contribution in [0.25, 0.3) is 16.7 Å². The molecule has 1 heterocycles. The Kier molecular flexibility index (Phi) is 7.64. The van der Waals surface area contributed by atoms with Crippen LogP contribution in [0, 0.1) is 0 Å². The van der Waals surface area contributed by atoms with Gasteiger partial charge < -0.3 is 5.32 Å². The zero-order valence-electron chi connectivity index (χ0n) is 18.9. The van der Waals surface area contributed by atoms with Crippen molar-refractivity contribution in [1.82, 2.24) is 10.2 Å². The first-order chi connectivity index (χ1) is 15.8. The fourth-order valence-electron chi connectivity index (χ4n) is 4.88. The van der Waals surface area contributed by atoms with Crippen LogP contribution in [0.4, 0.5) is 0 Å². The fraction of sp³-hybridized carbons (Fsp3) is 0.276. The highest BCUT2D eigenvalue weighted by Gasteiger charge is 2.19. The molecule has 0 atom stereocenters. The maximum absolute atomic E-state index is 12.6. The van der Waals surface area contributed by atoms with Gasteiger partial charge in [-0.05, 0) is 77.8 Å². The molecule has 0 aromatic heterocycles. The van der Waals surface area contributed by atoms with Crippen LogP contribution >= 0.6 is 12.4 Å². The normalized spacial score (nSPS) is 14.6. The van der Waals surface area contributed by atoms with Crippen LogP contribution in [0.1, 0.15) is 46.3 Å². The lowest BCUT2D eigenvalue weighted by Gasteiger charge is -2.26. The van der Waals surface area contributed by atoms with E-state index in [1.165, 1.54) is 33.4 Å². The van der Waals surface area contributed by atoms with Crippen LogP contribution in [-0.2, 0) is 6.42 Å². The highest BCUT2D eigenvalue weighted by atomic mass is 35.5. The van der Waals surface area contributed by atoms with Crippen molar-refractivity contribution in [3.05, 3.63) is 101 Å². The lowest BCUT2D eigenvalue weighted by atomic mass is 9.99. The quantitative estimate of drug-likeness (QED) is 0.345. The van der Waals surface area contributed by atoms with E-state index in [2.05, 4.69) is 83.0 Å². The molecule has 5 rings (SSSR count). The van der Waals surface area contributed by atoms with Crippen molar-refractivity contribution in [2.45, 2.75) is 25.7 Å². The van der Waals surface area contributed by atoms with Crippen molar-refractivity contribution in [2.24, 2.45) is 0 Å². The lowest BCUT2D eigenvalue weighted by Crippen LogP contribution is -2.30. The van der Waals surface area contributed by atoms with E-state index >= 15 is 0 Å². The topological polar surface area (TPSA) is 32.3 Å². The van der Waals surface area contributed by atoms with Gasteiger partial charge in [-0.25, -0.2) is 0 Å². The zero-order valence-corrected chi connectivity index (χ0v) is 19.7. The van der Waals surface area contributed by atoms with Crippen molar-refractivity contribution in [2.75, 3.05) is 26.2 Å². The molecule has 0 unspecified atom stereocenters. The van der Waals surface area contributed by atoms with Crippen LogP contribution in [0.2, 0.25) is 0 Å². The number of rotatable bonds is 7. The molecule has 0 spiro atoms. The van der Waals surface area contributed by atoms with Gasteiger partial charge in [0, 0.05) is 25.2 Å². The Balaban J connectivity index is 0.00000259. The number of benzene rings is 3. The molecule has 1 aliphatic carbocycles. The third-order valence-corrected chi connectivity index (χ3v) is 6.68. The minimum Gasteiger partial charge on any atom is -0.352 e. The molecule has 0 saturated carbocycles. The van der Waals surface area contributed by atoms with E-state index < -0.39 is 0 Å². The van der Waals surface area contributed by atoms with Gasteiger partial charge in [0.25, 0.3) is 5.91 Å². The van der Waals surface area contributed by atoms with E-state index in [9.17, 15) is 4.79 Å². The summed E-state index contributed by atoms with van der Waals surface area (Å²) in [4.78, 5) is 15.1. The number of fused-ring (bicyclic) bond motifs is 3. The minimum absolute atomic E-state index is 0. The average Bonchev–Trinajstić information content (AvgIpc) is 3.22. The van der Waals surface area contributed by atoms with Crippen molar-refractivity contribution in [3.63, 3.8) is 0 Å². The van der Waals surface area contributed by atoms with E-state index in [0.29, 0.717) is 0 Å². The zero-order chi connectivity index (χ0) is 21.8. The van der Waals surface area contributed by atoms with Crippen molar-refractivity contribution in [1.29, 1.82) is 0 Å². The molecule has 0 fully saturated rings. The summed E-state index contributed by atoms with van der Waals surface area (Å²) >= 11 is 0. The van der Waals surface area contributed by atoms with Gasteiger partial charge in [0.05, 0.1) is 0 Å². The standard InChI is InChI=1S/C29H30N2O.ClH/c32-29(25-12-13-28-26(21-25)20-24-10-4-5-11-27(24)28)30-16-6-7-17-31-18-14-23(15-19-31)22-8-2-1-3-9-22;/h1-5,8-14,21H,6-7,15-20H2,(H,30,32);1H. The number of carbonyl (C=O) groups excluding carboxylic acids is 1. The summed E-state index contributed by atoms with van der Waals surface area (Å²) in [5.74, 6) is 0.0390. The van der Waals surface area contributed by atoms with Crippen LogP contribution in [-0.4, -0.2) is 37.0 Å². The van der Waals surface area contributed by atoms with Gasteiger partial charge >= 0.3 is 0 Å². The first-order valence-electron chi connectivity index (χ1n) is 11.7. The lowest BCUT2D eigenvalue weighted by molar-refractivity contribution is 0.0952. The number of nitrogens with one attached hydrogen (secondary N) is 1. The molecule has 33 heavy (non-hydrogen) atoms. The number of hydrogen-bond acceptors (Lipinski definition) is 2. The number of hydrogen-bond donors (Lipinski definition) is 1. The van der Waals surface area contributed by atoms with Crippen molar-refractivity contribution < 1.29 is 4.79 Å². The van der Waals surface area contributed by atoms with Gasteiger partial charge in [0.2, 0.25) is 0 Å². The second-order valence-electron chi connectivity index (χ2n) is 8.81. The summed E-state index contributed by atoms with van der Waals surface area (Å²) in [5.41, 5.74) is 8.76. The summed E-state index contributed by atoms with van der Waals surface area (Å²) < 4.78 is 0. The number of nitrogens with zero attached hydrogens (tertiary/aromatic N) is 1. The molecule has 0 saturated heterocycles. The van der Waals surface area contributed by atoms with Gasteiger partial charge in [-0.3, -0.25) is 9.69 Å². The summed E-state index contributed by atoms with van der Waals surface area (Å²) in [6, 6.07) is 25.3. The van der Waals surface area contributed by atoms with Gasteiger partial charge in [-0.2, -0.15) is 0 Å². The van der Waals surface area contributed by atoms with E-state index in [-0.39, 0.29) is 18.3 Å². The summed E-state index contributed by atoms with van der Waals surface area (Å²) in [5, 5.41) is 3.11. The first kappa shape index (κ1) is 23.3. The predicted molar refractivity (Wildman–Crippen MR) is 139 cm³/mol. The third-order valence-electron chi connectivity index (χ3n) is 6.68. The molecule has 3 aromatic carbocycles. The number of carbonyl (C=O) groups is 1. The van der Waals surface area contributed by atoms with Gasteiger partial charge in [-0.1, -0.05) is 66.7 Å². The summed E-state index contributed by atoms with van der Waals surface area (Å²) in [6.07, 6.45) is 6.51. The van der Waals surface area contributed by atoms with Crippen LogP contribution in [0.15, 0.2) is 78.9 Å². The maximum atomic E-state index is 12.6. The molecule has 3 nitrogen and oxygen atoms in total. The smallest absolute Gasteiger partial charge is 0.251 e. The van der Waals surface area contributed by atoms with E-state index in [1.54, 1.807) is 0 Å². The Morgan fingerprint density at radius 2 is 1.67 bits per heavy atom. The number of halogens is 1. The molecular formula is C29H31ClN2O. The van der Waals surface area contributed by atoms with E-state index in [0.717, 1.165) is 57.4 Å². The molecule has 1 N–H and O–H groups in total. The molecule has 2 aliphatic rings. The average molecular weight is 459 g/mol. The van der Waals surface area contributed by atoms with E-state index in [1.807, 2.05) is 6.07 Å². The SMILES string of the molecule is Cl.O=C(NCCCCN1CC=C(c2ccccc2)CC1)c1ccc2c(c1)Cc1ccccc1-2. The van der Waals surface area contributed by atoms with Gasteiger partial charge in [0.1, 0.15) is 0 Å². The molecule has 0 bridgehead atoms. The van der Waals surface area contributed by atoms with Gasteiger partial charge in [0.15, 0.2) is 0 Å². The summed E-state index contributed by atoms with van der Waals surface area (Å²) in [6.45, 7) is 3.96. The first-order valence-corrected chi connectivity index (χ1v) is 11.7. The number of unbranched alkanes of at least 4 members (excludes halogenated alkanes) is 1. The second kappa shape index (κ2) is 10.8. The summed E-state index contributed by atoms with van der Waals surface area (Å²) in [7, 11) is 0. The molecule has 4 heteroatoms. The molecule has 0 radical (unpaired) electrons. The maximum Gasteiger partial charge on any atom is 0.251 e. The highest BCUT2D eigenvalue weighted by Crippen LogP contribution is 2.36. The Hall–Kier alpha value is -2.88. The molecular weight excluding hydrogens is 428 g/mol. The minimum atomic E-state index is 0. The Morgan fingerprint density at radius 1 is 0.879 bits per heavy atom. The molecule has 1 amide bonds. The molecule has 170 valence electrons. The Bertz CT molecular complexity index is 1140. The van der Waals surface area contributed by atoms with Crippen molar-refractivity contribution in [3.8, 4) is 11.1 Å². The van der Waals surface area contributed by atoms with Crippen LogP contribution in [0.3, 0.4) is 0 Å². The monoisotopic (exact) mass is 458 g/mol. The fourth-order valence-corrected chi connectivity index (χ4v) is 4.88. The Morgan fingerprint density at radius 3 is 2.48 bits per heavy atom. The second-order valence-corrected chi connectivity index (χ2v) is 8.81. The Labute approximate surface area is 202 Å². The third kappa shape index (κ3) is 5.38. The largest absolute Gasteiger partial charge is 0.352 e.